The first-order valence-electron chi connectivity index (χ1n) is 20.3. The first-order chi connectivity index (χ1) is 28.3. The highest BCUT2D eigenvalue weighted by Crippen LogP contribution is 2.64. The van der Waals surface area contributed by atoms with E-state index in [1.807, 2.05) is 56.3 Å². The summed E-state index contributed by atoms with van der Waals surface area (Å²) in [7, 11) is 1.73. The van der Waals surface area contributed by atoms with Crippen LogP contribution in [0.3, 0.4) is 0 Å². The molecular weight excluding hydrogens is 806 g/mol. The molecule has 1 N–H and O–H groups in total. The van der Waals surface area contributed by atoms with Crippen LogP contribution < -0.4 is 4.90 Å². The number of aromatic nitrogens is 2. The van der Waals surface area contributed by atoms with Crippen molar-refractivity contribution in [3.8, 4) is 16.3 Å². The lowest BCUT2D eigenvalue weighted by Crippen LogP contribution is -2.49. The Morgan fingerprint density at radius 2 is 1.68 bits per heavy atom. The Morgan fingerprint density at radius 1 is 0.915 bits per heavy atom. The average molecular weight is 849 g/mol. The van der Waals surface area contributed by atoms with Crippen molar-refractivity contribution in [1.29, 1.82) is 0 Å². The molecule has 0 bridgehead atoms. The first-order valence-corrected chi connectivity index (χ1v) is 21.8. The summed E-state index contributed by atoms with van der Waals surface area (Å²) in [5, 5.41) is 17.1. The number of thiophene rings is 1. The van der Waals surface area contributed by atoms with Crippen LogP contribution in [-0.2, 0) is 32.8 Å². The highest BCUT2D eigenvalue weighted by Gasteiger charge is 2.68. The standard InChI is InChI=1S/C46H43Cl2N5O5S/c1-24-32-19-26(47)9-14-37(32)59-41(24)36-22-38(50(3)49-36)53-43(56)34-21-33-29(40(46(34,2)45(53)58)30-11-10-28(54)20-35(30)48)12-13-31-39(33)44(57)52(42(31)55)27-15-17-51(18-16-27)23-25-7-5-4-6-8-25/h4-12,14,19-20,22,27,31,33-34,39-40,54H,13,15-18,21,23H2,1-3H3. The smallest absolute Gasteiger partial charge is 0.242 e. The quantitative estimate of drug-likeness (QED) is 0.135. The number of phenols is 1. The number of hydrogen-bond acceptors (Lipinski definition) is 8. The van der Waals surface area contributed by atoms with Crippen molar-refractivity contribution < 1.29 is 24.3 Å². The van der Waals surface area contributed by atoms with Gasteiger partial charge < -0.3 is 5.11 Å². The van der Waals surface area contributed by atoms with Gasteiger partial charge in [0.15, 0.2) is 0 Å². The molecule has 3 aliphatic heterocycles. The van der Waals surface area contributed by atoms with Gasteiger partial charge in [-0.1, -0.05) is 71.2 Å². The molecule has 302 valence electrons. The van der Waals surface area contributed by atoms with Gasteiger partial charge in [0.1, 0.15) is 17.3 Å². The van der Waals surface area contributed by atoms with Gasteiger partial charge in [0, 0.05) is 59.5 Å². The van der Waals surface area contributed by atoms with E-state index >= 15 is 4.79 Å². The maximum absolute atomic E-state index is 15.2. The van der Waals surface area contributed by atoms with Gasteiger partial charge in [-0.25, -0.2) is 4.90 Å². The Balaban J connectivity index is 0.994. The van der Waals surface area contributed by atoms with E-state index in [0.717, 1.165) is 45.7 Å². The molecular formula is C46H43Cl2N5O5S. The first kappa shape index (κ1) is 38.4. The zero-order valence-electron chi connectivity index (χ0n) is 32.9. The molecule has 10 nitrogen and oxygen atoms in total. The van der Waals surface area contributed by atoms with E-state index in [4.69, 9.17) is 28.3 Å². The predicted molar refractivity (Wildman–Crippen MR) is 228 cm³/mol. The van der Waals surface area contributed by atoms with E-state index < -0.39 is 35.0 Å². The second-order valence-corrected chi connectivity index (χ2v) is 19.0. The van der Waals surface area contributed by atoms with Crippen molar-refractivity contribution in [2.75, 3.05) is 18.0 Å². The van der Waals surface area contributed by atoms with Gasteiger partial charge in [-0.2, -0.15) is 5.10 Å². The number of anilines is 1. The number of likely N-dealkylation sites (tertiary alicyclic amines) is 2. The zero-order chi connectivity index (χ0) is 41.1. The summed E-state index contributed by atoms with van der Waals surface area (Å²) in [5.74, 6) is -3.92. The molecule has 3 saturated heterocycles. The molecule has 6 unspecified atom stereocenters. The molecule has 5 aromatic rings. The highest BCUT2D eigenvalue weighted by atomic mass is 35.5. The molecule has 3 aromatic carbocycles. The normalized spacial score (nSPS) is 27.4. The van der Waals surface area contributed by atoms with Crippen molar-refractivity contribution in [3.05, 3.63) is 111 Å². The number of hydrogen-bond donors (Lipinski definition) is 1. The topological polar surface area (TPSA) is 116 Å². The number of carbonyl (C=O) groups excluding carboxylic acids is 4. The second-order valence-electron chi connectivity index (χ2n) is 17.1. The molecule has 1 saturated carbocycles. The van der Waals surface area contributed by atoms with Gasteiger partial charge in [-0.3, -0.25) is 33.7 Å². The minimum atomic E-state index is -1.29. The van der Waals surface area contributed by atoms with Gasteiger partial charge in [-0.15, -0.1) is 11.3 Å². The predicted octanol–water partition coefficient (Wildman–Crippen LogP) is 8.52. The van der Waals surface area contributed by atoms with Crippen LogP contribution in [0.4, 0.5) is 5.82 Å². The number of fused-ring (bicyclic) bond motifs is 5. The summed E-state index contributed by atoms with van der Waals surface area (Å²) >= 11 is 14.9. The Hall–Kier alpha value is -4.81. The summed E-state index contributed by atoms with van der Waals surface area (Å²) in [5.41, 5.74) is 3.03. The monoisotopic (exact) mass is 847 g/mol. The molecule has 0 radical (unpaired) electrons. The third-order valence-electron chi connectivity index (χ3n) is 14.0. The van der Waals surface area contributed by atoms with E-state index in [9.17, 15) is 19.5 Å². The van der Waals surface area contributed by atoms with Gasteiger partial charge in [0.25, 0.3) is 0 Å². The van der Waals surface area contributed by atoms with Gasteiger partial charge >= 0.3 is 0 Å². The van der Waals surface area contributed by atoms with Crippen molar-refractivity contribution in [2.45, 2.75) is 58.0 Å². The number of allylic oxidation sites excluding steroid dienone is 2. The SMILES string of the molecule is Cc1c(-c2cc(N3C(=O)C4CC5C(=CCC6C(=O)N(C7CCN(Cc8ccccc8)CC7)C(=O)C65)C(c5ccc(O)cc5Cl)C4(C)C3=O)n(C)n2)sc2ccc(Cl)cc12. The summed E-state index contributed by atoms with van der Waals surface area (Å²) in [6.45, 7) is 6.23. The number of amides is 4. The minimum absolute atomic E-state index is 0.0239. The zero-order valence-corrected chi connectivity index (χ0v) is 35.2. The van der Waals surface area contributed by atoms with E-state index in [0.29, 0.717) is 41.4 Å². The van der Waals surface area contributed by atoms with Gasteiger partial charge in [0.05, 0.1) is 28.0 Å². The number of aromatic hydroxyl groups is 1. The van der Waals surface area contributed by atoms with Crippen LogP contribution >= 0.6 is 34.5 Å². The lowest BCUT2D eigenvalue weighted by atomic mass is 9.51. The van der Waals surface area contributed by atoms with Crippen LogP contribution in [0.1, 0.15) is 55.2 Å². The summed E-state index contributed by atoms with van der Waals surface area (Å²) in [6, 6.07) is 22.4. The highest BCUT2D eigenvalue weighted by molar-refractivity contribution is 7.22. The Morgan fingerprint density at radius 3 is 2.42 bits per heavy atom. The number of benzene rings is 3. The molecule has 2 aliphatic carbocycles. The Bertz CT molecular complexity index is 2630. The van der Waals surface area contributed by atoms with Crippen molar-refractivity contribution in [2.24, 2.45) is 36.1 Å². The molecule has 13 heteroatoms. The number of piperidine rings is 1. The van der Waals surface area contributed by atoms with Crippen molar-refractivity contribution in [1.82, 2.24) is 19.6 Å². The summed E-state index contributed by atoms with van der Waals surface area (Å²) in [6.07, 6.45) is 4.03. The van der Waals surface area contributed by atoms with Crippen molar-refractivity contribution >= 4 is 74.1 Å². The fourth-order valence-corrected chi connectivity index (χ4v) is 12.7. The lowest BCUT2D eigenvalue weighted by molar-refractivity contribution is -0.144. The Kier molecular flexibility index (Phi) is 9.21. The minimum Gasteiger partial charge on any atom is -0.508 e. The van der Waals surface area contributed by atoms with Crippen LogP contribution in [0.5, 0.6) is 5.75 Å². The largest absolute Gasteiger partial charge is 0.508 e. The molecule has 59 heavy (non-hydrogen) atoms. The molecule has 2 aromatic heterocycles. The number of aryl methyl sites for hydroxylation is 2. The fourth-order valence-electron chi connectivity index (χ4n) is 11.1. The molecule has 6 atom stereocenters. The third-order valence-corrected chi connectivity index (χ3v) is 15.8. The maximum Gasteiger partial charge on any atom is 0.242 e. The average Bonchev–Trinajstić information content (AvgIpc) is 3.89. The number of nitrogens with zero attached hydrogens (tertiary/aromatic N) is 5. The van der Waals surface area contributed by atoms with Gasteiger partial charge in [-0.05, 0) is 97.9 Å². The van der Waals surface area contributed by atoms with Crippen molar-refractivity contribution in [3.63, 3.8) is 0 Å². The van der Waals surface area contributed by atoms with Crippen LogP contribution in [0.2, 0.25) is 10.0 Å². The van der Waals surface area contributed by atoms with Crippen LogP contribution in [0.15, 0.2) is 84.4 Å². The molecule has 10 rings (SSSR count). The Labute approximate surface area is 356 Å². The number of rotatable bonds is 6. The summed E-state index contributed by atoms with van der Waals surface area (Å²) < 4.78 is 2.63. The van der Waals surface area contributed by atoms with Crippen LogP contribution in [0.25, 0.3) is 20.7 Å². The van der Waals surface area contributed by atoms with E-state index in [1.54, 1.807) is 46.2 Å². The number of carbonyl (C=O) groups is 4. The molecule has 4 fully saturated rings. The number of phenolic OH excluding ortho intramolecular Hbond substituents is 1. The lowest BCUT2D eigenvalue weighted by Gasteiger charge is -2.49. The summed E-state index contributed by atoms with van der Waals surface area (Å²) in [4.78, 5) is 65.4. The molecule has 0 spiro atoms. The number of halogens is 2. The maximum atomic E-state index is 15.2. The van der Waals surface area contributed by atoms with E-state index in [-0.39, 0.29) is 46.9 Å². The molecule has 5 heterocycles. The van der Waals surface area contributed by atoms with Crippen LogP contribution in [-0.4, -0.2) is 67.4 Å². The van der Waals surface area contributed by atoms with Gasteiger partial charge in [0.2, 0.25) is 23.6 Å². The fraction of sp³-hybridized carbons (Fsp3) is 0.370. The van der Waals surface area contributed by atoms with E-state index in [1.165, 1.54) is 16.5 Å². The van der Waals surface area contributed by atoms with E-state index in [2.05, 4.69) is 17.0 Å². The number of imide groups is 2. The third kappa shape index (κ3) is 5.86. The second kappa shape index (κ2) is 14.1. The van der Waals surface area contributed by atoms with Crippen LogP contribution in [0, 0.1) is 36.0 Å². The molecule has 5 aliphatic rings. The molecule has 4 amide bonds.